The number of hydrogen-bond acceptors (Lipinski definition) is 4. The number of imidazole rings is 1. The second-order valence-electron chi connectivity index (χ2n) is 6.81. The van der Waals surface area contributed by atoms with Crippen LogP contribution in [0.2, 0.25) is 0 Å². The lowest BCUT2D eigenvalue weighted by Crippen LogP contribution is -2.23. The second-order valence-corrected chi connectivity index (χ2v) is 6.81. The molecule has 1 N–H and O–H groups in total. The summed E-state index contributed by atoms with van der Waals surface area (Å²) in [5.41, 5.74) is 4.80. The molecule has 1 amide bonds. The number of oxazole rings is 1. The third-order valence-corrected chi connectivity index (χ3v) is 4.82. The summed E-state index contributed by atoms with van der Waals surface area (Å²) in [6.07, 6.45) is 4.32. The number of fused-ring (bicyclic) bond motifs is 2. The van der Waals surface area contributed by atoms with Crippen molar-refractivity contribution in [2.75, 3.05) is 0 Å². The molecule has 3 aromatic heterocycles. The number of rotatable bonds is 5. The molecule has 0 spiro atoms. The Bertz CT molecular complexity index is 1300. The van der Waals surface area contributed by atoms with Gasteiger partial charge in [0.05, 0.1) is 18.4 Å². The van der Waals surface area contributed by atoms with Gasteiger partial charge >= 0.3 is 0 Å². The third kappa shape index (κ3) is 3.48. The lowest BCUT2D eigenvalue weighted by atomic mass is 10.1. The van der Waals surface area contributed by atoms with Crippen molar-refractivity contribution in [3.8, 4) is 0 Å². The van der Waals surface area contributed by atoms with Crippen molar-refractivity contribution in [3.63, 3.8) is 0 Å². The molecule has 142 valence electrons. The van der Waals surface area contributed by atoms with Crippen LogP contribution in [-0.4, -0.2) is 20.3 Å². The standard InChI is InChI=1S/C23H18N4O2/c28-23(25-15-18-14-24-21-8-4-5-11-27(18)21)17-9-10-20-19(13-17)26-22(29-20)12-16-6-2-1-3-7-16/h1-11,13-14H,12,15H2,(H,25,28). The molecule has 0 saturated heterocycles. The number of hydrogen-bond donors (Lipinski definition) is 1. The summed E-state index contributed by atoms with van der Waals surface area (Å²) in [4.78, 5) is 21.5. The minimum atomic E-state index is -0.162. The van der Waals surface area contributed by atoms with Crippen molar-refractivity contribution >= 4 is 22.7 Å². The van der Waals surface area contributed by atoms with Gasteiger partial charge in [-0.15, -0.1) is 0 Å². The van der Waals surface area contributed by atoms with Gasteiger partial charge in [-0.05, 0) is 35.9 Å². The topological polar surface area (TPSA) is 72.4 Å². The van der Waals surface area contributed by atoms with Crippen molar-refractivity contribution in [1.82, 2.24) is 19.7 Å². The number of pyridine rings is 1. The Balaban J connectivity index is 1.32. The van der Waals surface area contributed by atoms with E-state index in [1.165, 1.54) is 0 Å². The predicted octanol–water partition coefficient (Wildman–Crippen LogP) is 4.00. The molecule has 6 heteroatoms. The number of amides is 1. The van der Waals surface area contributed by atoms with E-state index < -0.39 is 0 Å². The Morgan fingerprint density at radius 3 is 2.79 bits per heavy atom. The maximum absolute atomic E-state index is 12.6. The molecule has 0 saturated carbocycles. The first-order valence-corrected chi connectivity index (χ1v) is 9.39. The molecule has 6 nitrogen and oxygen atoms in total. The molecule has 0 bridgehead atoms. The maximum Gasteiger partial charge on any atom is 0.251 e. The van der Waals surface area contributed by atoms with Gasteiger partial charge < -0.3 is 14.1 Å². The van der Waals surface area contributed by atoms with E-state index in [4.69, 9.17) is 4.42 Å². The molecule has 0 unspecified atom stereocenters. The minimum absolute atomic E-state index is 0.162. The fourth-order valence-electron chi connectivity index (χ4n) is 3.35. The summed E-state index contributed by atoms with van der Waals surface area (Å²) in [6.45, 7) is 0.389. The summed E-state index contributed by atoms with van der Waals surface area (Å²) in [5.74, 6) is 0.472. The van der Waals surface area contributed by atoms with Gasteiger partial charge in [0.1, 0.15) is 11.2 Å². The molecular weight excluding hydrogens is 364 g/mol. The zero-order valence-corrected chi connectivity index (χ0v) is 15.6. The number of carbonyl (C=O) groups excluding carboxylic acids is 1. The molecular formula is C23H18N4O2. The minimum Gasteiger partial charge on any atom is -0.440 e. The zero-order chi connectivity index (χ0) is 19.6. The van der Waals surface area contributed by atoms with E-state index in [2.05, 4.69) is 15.3 Å². The van der Waals surface area contributed by atoms with Crippen molar-refractivity contribution in [2.24, 2.45) is 0 Å². The molecule has 5 rings (SSSR count). The summed E-state index contributed by atoms with van der Waals surface area (Å²) in [6, 6.07) is 21.1. The molecule has 2 aromatic carbocycles. The zero-order valence-electron chi connectivity index (χ0n) is 15.6. The van der Waals surface area contributed by atoms with Gasteiger partial charge in [-0.25, -0.2) is 9.97 Å². The first kappa shape index (κ1) is 17.2. The fourth-order valence-corrected chi connectivity index (χ4v) is 3.35. The van der Waals surface area contributed by atoms with Gasteiger partial charge in [-0.3, -0.25) is 4.79 Å². The number of benzene rings is 2. The number of nitrogens with one attached hydrogen (secondary N) is 1. The molecule has 0 atom stereocenters. The lowest BCUT2D eigenvalue weighted by molar-refractivity contribution is 0.0950. The van der Waals surface area contributed by atoms with Gasteiger partial charge in [-0.2, -0.15) is 0 Å². The summed E-state index contributed by atoms with van der Waals surface area (Å²) < 4.78 is 7.77. The second kappa shape index (κ2) is 7.24. The van der Waals surface area contributed by atoms with E-state index in [1.54, 1.807) is 24.4 Å². The van der Waals surface area contributed by atoms with E-state index in [0.29, 0.717) is 35.5 Å². The van der Waals surface area contributed by atoms with Gasteiger partial charge in [0, 0.05) is 18.2 Å². The molecule has 29 heavy (non-hydrogen) atoms. The van der Waals surface area contributed by atoms with Crippen LogP contribution < -0.4 is 5.32 Å². The average molecular weight is 382 g/mol. The fraction of sp³-hybridized carbons (Fsp3) is 0.0870. The van der Waals surface area contributed by atoms with E-state index >= 15 is 0 Å². The summed E-state index contributed by atoms with van der Waals surface area (Å²) in [7, 11) is 0. The quantitative estimate of drug-likeness (QED) is 0.499. The molecule has 0 aliphatic rings. The lowest BCUT2D eigenvalue weighted by Gasteiger charge is -2.05. The van der Waals surface area contributed by atoms with Gasteiger partial charge in [-0.1, -0.05) is 36.4 Å². The highest BCUT2D eigenvalue weighted by Crippen LogP contribution is 2.19. The van der Waals surface area contributed by atoms with Crippen molar-refractivity contribution in [3.05, 3.63) is 102 Å². The van der Waals surface area contributed by atoms with E-state index in [-0.39, 0.29) is 5.91 Å². The Morgan fingerprint density at radius 1 is 1.03 bits per heavy atom. The molecule has 5 aromatic rings. The first-order valence-electron chi connectivity index (χ1n) is 9.39. The average Bonchev–Trinajstić information content (AvgIpc) is 3.35. The smallest absolute Gasteiger partial charge is 0.251 e. The Morgan fingerprint density at radius 2 is 1.90 bits per heavy atom. The Kier molecular flexibility index (Phi) is 4.29. The Hall–Kier alpha value is -3.93. The van der Waals surface area contributed by atoms with Crippen LogP contribution in [0.5, 0.6) is 0 Å². The molecule has 0 fully saturated rings. The first-order chi connectivity index (χ1) is 14.3. The highest BCUT2D eigenvalue weighted by Gasteiger charge is 2.12. The van der Waals surface area contributed by atoms with Gasteiger partial charge in [0.2, 0.25) is 0 Å². The highest BCUT2D eigenvalue weighted by atomic mass is 16.3. The van der Waals surface area contributed by atoms with E-state index in [0.717, 1.165) is 16.9 Å². The molecule has 0 aliphatic carbocycles. The SMILES string of the molecule is O=C(NCc1cnc2ccccn12)c1ccc2oc(Cc3ccccc3)nc2c1. The normalized spacial score (nSPS) is 11.2. The van der Waals surface area contributed by atoms with E-state index in [9.17, 15) is 4.79 Å². The molecule has 0 radical (unpaired) electrons. The summed E-state index contributed by atoms with van der Waals surface area (Å²) in [5, 5.41) is 2.95. The van der Waals surface area contributed by atoms with Crippen LogP contribution >= 0.6 is 0 Å². The van der Waals surface area contributed by atoms with E-state index in [1.807, 2.05) is 59.1 Å². The van der Waals surface area contributed by atoms with Crippen LogP contribution in [0.15, 0.2) is 83.5 Å². The van der Waals surface area contributed by atoms with Crippen molar-refractivity contribution < 1.29 is 9.21 Å². The van der Waals surface area contributed by atoms with Crippen LogP contribution in [0.25, 0.3) is 16.7 Å². The number of carbonyl (C=O) groups is 1. The predicted molar refractivity (Wildman–Crippen MR) is 110 cm³/mol. The van der Waals surface area contributed by atoms with Crippen molar-refractivity contribution in [2.45, 2.75) is 13.0 Å². The van der Waals surface area contributed by atoms with Crippen LogP contribution in [0, 0.1) is 0 Å². The molecule has 3 heterocycles. The third-order valence-electron chi connectivity index (χ3n) is 4.82. The number of aromatic nitrogens is 3. The number of nitrogens with zero attached hydrogens (tertiary/aromatic N) is 3. The highest BCUT2D eigenvalue weighted by molar-refractivity contribution is 5.97. The summed E-state index contributed by atoms with van der Waals surface area (Å²) >= 11 is 0. The van der Waals surface area contributed by atoms with Crippen LogP contribution in [0.3, 0.4) is 0 Å². The largest absolute Gasteiger partial charge is 0.440 e. The molecule has 0 aliphatic heterocycles. The van der Waals surface area contributed by atoms with Gasteiger partial charge in [0.15, 0.2) is 11.5 Å². The Labute approximate surface area is 166 Å². The van der Waals surface area contributed by atoms with Crippen LogP contribution in [0.1, 0.15) is 27.5 Å². The van der Waals surface area contributed by atoms with Gasteiger partial charge in [0.25, 0.3) is 5.91 Å². The van der Waals surface area contributed by atoms with Crippen LogP contribution in [-0.2, 0) is 13.0 Å². The van der Waals surface area contributed by atoms with Crippen LogP contribution in [0.4, 0.5) is 0 Å². The van der Waals surface area contributed by atoms with Crippen molar-refractivity contribution in [1.29, 1.82) is 0 Å². The monoisotopic (exact) mass is 382 g/mol. The maximum atomic E-state index is 12.6.